The number of rotatable bonds is 4. The monoisotopic (exact) mass is 330 g/mol. The normalized spacial score (nSPS) is 10.5. The fourth-order valence-electron chi connectivity index (χ4n) is 2.05. The van der Waals surface area contributed by atoms with Crippen LogP contribution in [0.3, 0.4) is 0 Å². The number of hydrogen-bond donors (Lipinski definition) is 1. The Hall–Kier alpha value is -2.60. The smallest absolute Gasteiger partial charge is 0.275 e. The molecule has 1 N–H and O–H groups in total. The van der Waals surface area contributed by atoms with Crippen molar-refractivity contribution in [3.8, 4) is 0 Å². The standard InChI is InChI=1S/C17H12F2N2OS/c18-12-6-7-13(19)14(9-12)21-17(22)15-10-23-16(20-15)8-11-4-2-1-3-5-11/h1-7,9-10H,8H2,(H,21,22). The second-order valence-corrected chi connectivity index (χ2v) is 5.81. The molecule has 0 aliphatic heterocycles. The van der Waals surface area contributed by atoms with E-state index in [4.69, 9.17) is 0 Å². The summed E-state index contributed by atoms with van der Waals surface area (Å²) in [6, 6.07) is 12.6. The summed E-state index contributed by atoms with van der Waals surface area (Å²) in [6.45, 7) is 0. The fraction of sp³-hybridized carbons (Fsp3) is 0.0588. The first-order valence-corrected chi connectivity index (χ1v) is 7.74. The van der Waals surface area contributed by atoms with Gasteiger partial charge in [0.25, 0.3) is 5.91 Å². The molecule has 0 spiro atoms. The largest absolute Gasteiger partial charge is 0.318 e. The molecule has 0 unspecified atom stereocenters. The van der Waals surface area contributed by atoms with Crippen LogP contribution in [0, 0.1) is 11.6 Å². The van der Waals surface area contributed by atoms with Gasteiger partial charge >= 0.3 is 0 Å². The number of nitrogens with one attached hydrogen (secondary N) is 1. The Bertz CT molecular complexity index is 834. The first-order valence-electron chi connectivity index (χ1n) is 6.86. The Kier molecular flexibility index (Phi) is 4.43. The molecule has 3 rings (SSSR count). The highest BCUT2D eigenvalue weighted by molar-refractivity contribution is 7.09. The van der Waals surface area contributed by atoms with E-state index in [1.165, 1.54) is 11.3 Å². The van der Waals surface area contributed by atoms with E-state index in [1.807, 2.05) is 30.3 Å². The third kappa shape index (κ3) is 3.78. The quantitative estimate of drug-likeness (QED) is 0.776. The molecule has 1 aromatic heterocycles. The zero-order valence-electron chi connectivity index (χ0n) is 11.9. The molecular formula is C17H12F2N2OS. The molecule has 0 saturated carbocycles. The lowest BCUT2D eigenvalue weighted by atomic mass is 10.2. The van der Waals surface area contributed by atoms with E-state index in [-0.39, 0.29) is 11.4 Å². The number of carbonyl (C=O) groups is 1. The van der Waals surface area contributed by atoms with Crippen LogP contribution in [0.15, 0.2) is 53.9 Å². The van der Waals surface area contributed by atoms with Crippen LogP contribution in [0.4, 0.5) is 14.5 Å². The number of hydrogen-bond acceptors (Lipinski definition) is 3. The van der Waals surface area contributed by atoms with Gasteiger partial charge in [-0.25, -0.2) is 13.8 Å². The summed E-state index contributed by atoms with van der Waals surface area (Å²) in [7, 11) is 0. The molecule has 6 heteroatoms. The minimum Gasteiger partial charge on any atom is -0.318 e. The van der Waals surface area contributed by atoms with Gasteiger partial charge in [0.2, 0.25) is 0 Å². The average molecular weight is 330 g/mol. The van der Waals surface area contributed by atoms with Crippen molar-refractivity contribution >= 4 is 22.9 Å². The van der Waals surface area contributed by atoms with E-state index in [0.717, 1.165) is 28.8 Å². The number of carbonyl (C=O) groups excluding carboxylic acids is 1. The maximum atomic E-state index is 13.5. The Morgan fingerprint density at radius 2 is 1.91 bits per heavy atom. The Morgan fingerprint density at radius 1 is 1.13 bits per heavy atom. The molecule has 0 aliphatic carbocycles. The van der Waals surface area contributed by atoms with E-state index in [2.05, 4.69) is 10.3 Å². The van der Waals surface area contributed by atoms with Crippen molar-refractivity contribution in [2.24, 2.45) is 0 Å². The summed E-state index contributed by atoms with van der Waals surface area (Å²) in [5.74, 6) is -1.88. The van der Waals surface area contributed by atoms with E-state index < -0.39 is 17.5 Å². The van der Waals surface area contributed by atoms with Gasteiger partial charge in [0.1, 0.15) is 17.3 Å². The van der Waals surface area contributed by atoms with E-state index >= 15 is 0 Å². The molecule has 0 radical (unpaired) electrons. The van der Waals surface area contributed by atoms with E-state index in [9.17, 15) is 13.6 Å². The van der Waals surface area contributed by atoms with Crippen LogP contribution in [0.2, 0.25) is 0 Å². The number of thiazole rings is 1. The third-order valence-electron chi connectivity index (χ3n) is 3.16. The van der Waals surface area contributed by atoms with Crippen LogP contribution in [0.25, 0.3) is 0 Å². The summed E-state index contributed by atoms with van der Waals surface area (Å²) in [4.78, 5) is 16.3. The van der Waals surface area contributed by atoms with Crippen LogP contribution < -0.4 is 5.32 Å². The number of halogens is 2. The third-order valence-corrected chi connectivity index (χ3v) is 4.01. The second-order valence-electron chi connectivity index (χ2n) is 4.87. The van der Waals surface area contributed by atoms with Gasteiger partial charge in [0, 0.05) is 17.9 Å². The van der Waals surface area contributed by atoms with Crippen LogP contribution in [-0.4, -0.2) is 10.9 Å². The number of benzene rings is 2. The van der Waals surface area contributed by atoms with Crippen molar-refractivity contribution in [3.63, 3.8) is 0 Å². The SMILES string of the molecule is O=C(Nc1cc(F)ccc1F)c1csc(Cc2ccccc2)n1. The van der Waals surface area contributed by atoms with Gasteiger partial charge in [-0.15, -0.1) is 11.3 Å². The molecule has 3 aromatic rings. The number of anilines is 1. The number of aromatic nitrogens is 1. The first-order chi connectivity index (χ1) is 11.1. The summed E-state index contributed by atoms with van der Waals surface area (Å²) >= 11 is 1.35. The molecule has 1 amide bonds. The predicted molar refractivity (Wildman–Crippen MR) is 85.7 cm³/mol. The van der Waals surface area contributed by atoms with Crippen LogP contribution in [0.1, 0.15) is 21.1 Å². The van der Waals surface area contributed by atoms with E-state index in [1.54, 1.807) is 5.38 Å². The summed E-state index contributed by atoms with van der Waals surface area (Å²) in [5.41, 5.74) is 1.07. The van der Waals surface area contributed by atoms with Crippen LogP contribution in [0.5, 0.6) is 0 Å². The van der Waals surface area contributed by atoms with Crippen molar-refractivity contribution in [1.29, 1.82) is 0 Å². The van der Waals surface area contributed by atoms with Gasteiger partial charge in [-0.2, -0.15) is 0 Å². The van der Waals surface area contributed by atoms with Crippen molar-refractivity contribution in [2.75, 3.05) is 5.32 Å². The van der Waals surface area contributed by atoms with Crippen LogP contribution in [-0.2, 0) is 6.42 Å². The molecule has 0 fully saturated rings. The number of nitrogens with zero attached hydrogens (tertiary/aromatic N) is 1. The lowest BCUT2D eigenvalue weighted by molar-refractivity contribution is 0.102. The summed E-state index contributed by atoms with van der Waals surface area (Å²) in [6.07, 6.45) is 0.618. The van der Waals surface area contributed by atoms with Gasteiger partial charge in [-0.05, 0) is 17.7 Å². The minimum atomic E-state index is -0.695. The molecule has 2 aromatic carbocycles. The topological polar surface area (TPSA) is 42.0 Å². The molecule has 0 aliphatic rings. The highest BCUT2D eigenvalue weighted by Crippen LogP contribution is 2.18. The second kappa shape index (κ2) is 6.66. The molecular weight excluding hydrogens is 318 g/mol. The maximum absolute atomic E-state index is 13.5. The fourth-order valence-corrected chi connectivity index (χ4v) is 2.85. The maximum Gasteiger partial charge on any atom is 0.275 e. The molecule has 0 bridgehead atoms. The highest BCUT2D eigenvalue weighted by Gasteiger charge is 2.14. The molecule has 116 valence electrons. The molecule has 3 nitrogen and oxygen atoms in total. The molecule has 0 saturated heterocycles. The highest BCUT2D eigenvalue weighted by atomic mass is 32.1. The van der Waals surface area contributed by atoms with Crippen molar-refractivity contribution in [3.05, 3.63) is 81.8 Å². The van der Waals surface area contributed by atoms with Gasteiger partial charge in [0.05, 0.1) is 10.7 Å². The zero-order chi connectivity index (χ0) is 16.2. The summed E-state index contributed by atoms with van der Waals surface area (Å²) < 4.78 is 26.7. The predicted octanol–water partition coefficient (Wildman–Crippen LogP) is 4.26. The molecule has 23 heavy (non-hydrogen) atoms. The minimum absolute atomic E-state index is 0.185. The van der Waals surface area contributed by atoms with Crippen molar-refractivity contribution < 1.29 is 13.6 Å². The van der Waals surface area contributed by atoms with E-state index in [0.29, 0.717) is 6.42 Å². The Labute approximate surface area is 135 Å². The lowest BCUT2D eigenvalue weighted by Gasteiger charge is -2.04. The molecule has 1 heterocycles. The van der Waals surface area contributed by atoms with Crippen molar-refractivity contribution in [2.45, 2.75) is 6.42 Å². The lowest BCUT2D eigenvalue weighted by Crippen LogP contribution is -2.13. The van der Waals surface area contributed by atoms with Gasteiger partial charge in [0.15, 0.2) is 0 Å². The van der Waals surface area contributed by atoms with Crippen molar-refractivity contribution in [1.82, 2.24) is 4.98 Å². The Morgan fingerprint density at radius 3 is 2.70 bits per heavy atom. The molecule has 0 atom stereocenters. The average Bonchev–Trinajstić information content (AvgIpc) is 3.00. The zero-order valence-corrected chi connectivity index (χ0v) is 12.7. The first kappa shape index (κ1) is 15.3. The van der Waals surface area contributed by atoms with Crippen LogP contribution >= 0.6 is 11.3 Å². The van der Waals surface area contributed by atoms with Gasteiger partial charge < -0.3 is 5.32 Å². The van der Waals surface area contributed by atoms with Gasteiger partial charge in [-0.3, -0.25) is 4.79 Å². The Balaban J connectivity index is 1.72. The van der Waals surface area contributed by atoms with Gasteiger partial charge in [-0.1, -0.05) is 30.3 Å². The number of amides is 1. The summed E-state index contributed by atoms with van der Waals surface area (Å²) in [5, 5.41) is 4.72.